The number of likely N-dealkylation sites (tertiary alicyclic amines) is 1. The zero-order valence-electron chi connectivity index (χ0n) is 15.0. The van der Waals surface area contributed by atoms with Crippen LogP contribution in [0.15, 0.2) is 51.2 Å². The lowest BCUT2D eigenvalue weighted by Crippen LogP contribution is -2.48. The van der Waals surface area contributed by atoms with Crippen molar-refractivity contribution >= 4 is 23.7 Å². The molecule has 0 aromatic rings. The molecule has 8 heteroatoms. The Labute approximate surface area is 163 Å². The summed E-state index contributed by atoms with van der Waals surface area (Å²) in [6.45, 7) is 1.59. The fourth-order valence-corrected chi connectivity index (χ4v) is 4.16. The van der Waals surface area contributed by atoms with Gasteiger partial charge in [0.05, 0.1) is 5.03 Å². The number of nitrogens with one attached hydrogen (secondary N) is 4. The van der Waals surface area contributed by atoms with Gasteiger partial charge in [0.15, 0.2) is 0 Å². The third-order valence-corrected chi connectivity index (χ3v) is 5.73. The van der Waals surface area contributed by atoms with E-state index in [1.165, 1.54) is 0 Å². The van der Waals surface area contributed by atoms with E-state index >= 15 is 0 Å². The maximum atomic E-state index is 12.6. The fraction of sp³-hybridized carbons (Fsp3) is 0.474. The van der Waals surface area contributed by atoms with Crippen LogP contribution in [0.1, 0.15) is 25.7 Å². The molecule has 1 aliphatic carbocycles. The molecule has 1 saturated heterocycles. The highest BCUT2D eigenvalue weighted by Gasteiger charge is 2.36. The molecule has 2 fully saturated rings. The minimum Gasteiger partial charge on any atom is -0.367 e. The van der Waals surface area contributed by atoms with Crippen molar-refractivity contribution in [2.24, 2.45) is 4.99 Å². The molecule has 1 unspecified atom stereocenters. The van der Waals surface area contributed by atoms with Crippen LogP contribution in [0.4, 0.5) is 0 Å². The van der Waals surface area contributed by atoms with E-state index in [9.17, 15) is 4.79 Å². The average molecular weight is 387 g/mol. The minimum atomic E-state index is -0.0911. The summed E-state index contributed by atoms with van der Waals surface area (Å²) < 4.78 is 0. The molecule has 1 amide bonds. The summed E-state index contributed by atoms with van der Waals surface area (Å²) in [6.07, 6.45) is 11.7. The highest BCUT2D eigenvalue weighted by molar-refractivity contribution is 6.31. The standard InChI is InChI=1S/C19H23ClN6O/c20-11-8-13-14(10-23-17(13)22-9-11)18-21-6-5-16(25-18)26-7-1-2-15(26)19(27)24-12-3-4-12/h5,8-10,12,15,17,21-22,25H,1-4,6-7H2,(H,24,27)/t15-,17?/m1/s1. The molecular weight excluding hydrogens is 364 g/mol. The van der Waals surface area contributed by atoms with Crippen molar-refractivity contribution in [2.75, 3.05) is 13.1 Å². The number of carbonyl (C=O) groups is 1. The molecule has 0 spiro atoms. The van der Waals surface area contributed by atoms with Crippen molar-refractivity contribution < 1.29 is 4.79 Å². The third-order valence-electron chi connectivity index (χ3n) is 5.52. The molecule has 5 rings (SSSR count). The Morgan fingerprint density at radius 2 is 2.22 bits per heavy atom. The summed E-state index contributed by atoms with van der Waals surface area (Å²) in [7, 11) is 0. The largest absolute Gasteiger partial charge is 0.367 e. The van der Waals surface area contributed by atoms with E-state index in [2.05, 4.69) is 37.2 Å². The van der Waals surface area contributed by atoms with Gasteiger partial charge in [-0.15, -0.1) is 0 Å². The summed E-state index contributed by atoms with van der Waals surface area (Å²) in [5.74, 6) is 2.06. The van der Waals surface area contributed by atoms with Gasteiger partial charge in [-0.3, -0.25) is 9.79 Å². The van der Waals surface area contributed by atoms with Gasteiger partial charge in [-0.25, -0.2) is 0 Å². The number of hydrogen-bond acceptors (Lipinski definition) is 6. The van der Waals surface area contributed by atoms with Gasteiger partial charge in [0.1, 0.15) is 23.8 Å². The number of carbonyl (C=O) groups excluding carboxylic acids is 1. The Morgan fingerprint density at radius 1 is 1.33 bits per heavy atom. The van der Waals surface area contributed by atoms with Gasteiger partial charge < -0.3 is 26.2 Å². The van der Waals surface area contributed by atoms with E-state index in [-0.39, 0.29) is 18.1 Å². The highest BCUT2D eigenvalue weighted by Crippen LogP contribution is 2.30. The molecule has 27 heavy (non-hydrogen) atoms. The van der Waals surface area contributed by atoms with Crippen molar-refractivity contribution in [2.45, 2.75) is 43.9 Å². The second kappa shape index (κ2) is 6.64. The molecule has 4 N–H and O–H groups in total. The van der Waals surface area contributed by atoms with E-state index in [1.807, 2.05) is 12.3 Å². The maximum Gasteiger partial charge on any atom is 0.242 e. The van der Waals surface area contributed by atoms with E-state index < -0.39 is 0 Å². The summed E-state index contributed by atoms with van der Waals surface area (Å²) in [6, 6.07) is 0.300. The molecule has 0 aromatic carbocycles. The number of hydrogen-bond donors (Lipinski definition) is 4. The van der Waals surface area contributed by atoms with Gasteiger partial charge in [-0.1, -0.05) is 11.6 Å². The van der Waals surface area contributed by atoms with Crippen molar-refractivity contribution in [3.05, 3.63) is 46.2 Å². The fourth-order valence-electron chi connectivity index (χ4n) is 3.98. The predicted octanol–water partition coefficient (Wildman–Crippen LogP) is 0.996. The molecule has 4 aliphatic heterocycles. The number of nitrogens with zero attached hydrogens (tertiary/aromatic N) is 2. The van der Waals surface area contributed by atoms with E-state index in [1.54, 1.807) is 6.20 Å². The monoisotopic (exact) mass is 386 g/mol. The molecule has 0 radical (unpaired) electrons. The van der Waals surface area contributed by atoms with Gasteiger partial charge in [-0.05, 0) is 37.8 Å². The smallest absolute Gasteiger partial charge is 0.242 e. The van der Waals surface area contributed by atoms with Crippen LogP contribution >= 0.6 is 11.6 Å². The second-order valence-corrected chi connectivity index (χ2v) is 7.93. The van der Waals surface area contributed by atoms with Crippen LogP contribution in [0.3, 0.4) is 0 Å². The lowest BCUT2D eigenvalue weighted by atomic mass is 10.0. The van der Waals surface area contributed by atoms with Crippen LogP contribution in [0.25, 0.3) is 0 Å². The van der Waals surface area contributed by atoms with E-state index in [0.717, 1.165) is 55.0 Å². The van der Waals surface area contributed by atoms with E-state index in [4.69, 9.17) is 11.6 Å². The summed E-state index contributed by atoms with van der Waals surface area (Å²) in [5, 5.41) is 13.9. The molecule has 142 valence electrons. The van der Waals surface area contributed by atoms with Crippen LogP contribution in [-0.4, -0.2) is 48.4 Å². The Balaban J connectivity index is 1.36. The third kappa shape index (κ3) is 3.20. The first-order valence-corrected chi connectivity index (χ1v) is 9.96. The molecule has 5 aliphatic rings. The molecule has 0 bridgehead atoms. The Bertz CT molecular complexity index is 822. The van der Waals surface area contributed by atoms with Crippen molar-refractivity contribution in [3.63, 3.8) is 0 Å². The number of allylic oxidation sites excluding steroid dienone is 2. The zero-order valence-corrected chi connectivity index (χ0v) is 15.7. The lowest BCUT2D eigenvalue weighted by molar-refractivity contribution is -0.125. The molecule has 0 aromatic heterocycles. The minimum absolute atomic E-state index is 0.0863. The van der Waals surface area contributed by atoms with Gasteiger partial charge in [0, 0.05) is 42.7 Å². The topological polar surface area (TPSA) is 80.8 Å². The second-order valence-electron chi connectivity index (χ2n) is 7.49. The van der Waals surface area contributed by atoms with Crippen LogP contribution in [-0.2, 0) is 4.79 Å². The summed E-state index contributed by atoms with van der Waals surface area (Å²) in [4.78, 5) is 19.3. The number of fused-ring (bicyclic) bond motifs is 1. The summed E-state index contributed by atoms with van der Waals surface area (Å²) in [5.41, 5.74) is 2.05. The lowest BCUT2D eigenvalue weighted by Gasteiger charge is -2.33. The normalized spacial score (nSPS) is 31.9. The van der Waals surface area contributed by atoms with E-state index in [0.29, 0.717) is 17.6 Å². The van der Waals surface area contributed by atoms with Gasteiger partial charge in [0.2, 0.25) is 5.91 Å². The molecule has 1 saturated carbocycles. The number of dihydropyridines is 1. The van der Waals surface area contributed by atoms with Crippen molar-refractivity contribution in [3.8, 4) is 0 Å². The SMILES string of the molecule is O=C(NC1CC1)[C@H]1CCCN1C1=CCNC(=C2C=NC3NC=C(Cl)C=C23)N1. The summed E-state index contributed by atoms with van der Waals surface area (Å²) >= 11 is 6.16. The quantitative estimate of drug-likeness (QED) is 0.582. The number of amides is 1. The molecule has 4 heterocycles. The van der Waals surface area contributed by atoms with Gasteiger partial charge in [-0.2, -0.15) is 0 Å². The molecule has 7 nitrogen and oxygen atoms in total. The Hall–Kier alpha value is -2.41. The highest BCUT2D eigenvalue weighted by atomic mass is 35.5. The van der Waals surface area contributed by atoms with Crippen LogP contribution < -0.4 is 21.3 Å². The molecular formula is C19H23ClN6O. The first kappa shape index (κ1) is 16.7. The Morgan fingerprint density at radius 3 is 3.07 bits per heavy atom. The predicted molar refractivity (Wildman–Crippen MR) is 105 cm³/mol. The first-order valence-electron chi connectivity index (χ1n) is 9.58. The van der Waals surface area contributed by atoms with Crippen LogP contribution in [0, 0.1) is 0 Å². The van der Waals surface area contributed by atoms with Crippen molar-refractivity contribution in [1.82, 2.24) is 26.2 Å². The zero-order chi connectivity index (χ0) is 18.4. The number of halogens is 1. The Kier molecular flexibility index (Phi) is 4.11. The average Bonchev–Trinajstić information content (AvgIpc) is 3.20. The number of aliphatic imine (C=N–C) groups is 1. The van der Waals surface area contributed by atoms with Gasteiger partial charge >= 0.3 is 0 Å². The van der Waals surface area contributed by atoms with Crippen LogP contribution in [0.5, 0.6) is 0 Å². The number of rotatable bonds is 3. The first-order chi connectivity index (χ1) is 13.2. The van der Waals surface area contributed by atoms with Gasteiger partial charge in [0.25, 0.3) is 0 Å². The van der Waals surface area contributed by atoms with Crippen molar-refractivity contribution in [1.29, 1.82) is 0 Å². The van der Waals surface area contributed by atoms with Crippen LogP contribution in [0.2, 0.25) is 0 Å². The maximum absolute atomic E-state index is 12.6. The molecule has 2 atom stereocenters.